The fourth-order valence-electron chi connectivity index (χ4n) is 2.59. The van der Waals surface area contributed by atoms with Gasteiger partial charge in [-0.2, -0.15) is 8.78 Å². The van der Waals surface area contributed by atoms with Gasteiger partial charge in [-0.25, -0.2) is 4.98 Å². The zero-order chi connectivity index (χ0) is 18.7. The first kappa shape index (κ1) is 18.0. The Hall–Kier alpha value is -2.81. The van der Waals surface area contributed by atoms with E-state index in [2.05, 4.69) is 15.0 Å². The van der Waals surface area contributed by atoms with Crippen molar-refractivity contribution in [2.24, 2.45) is 0 Å². The maximum atomic E-state index is 12.6. The minimum Gasteiger partial charge on any atom is -0.434 e. The van der Waals surface area contributed by atoms with Gasteiger partial charge in [0.15, 0.2) is 4.96 Å². The van der Waals surface area contributed by atoms with E-state index in [-0.39, 0.29) is 11.3 Å². The summed E-state index contributed by atoms with van der Waals surface area (Å²) in [5, 5.41) is 4.39. The maximum Gasteiger partial charge on any atom is 0.387 e. The molecule has 0 bridgehead atoms. The Morgan fingerprint density at radius 1 is 1.38 bits per heavy atom. The van der Waals surface area contributed by atoms with Crippen LogP contribution in [0.3, 0.4) is 0 Å². The Bertz CT molecular complexity index is 987. The van der Waals surface area contributed by atoms with Gasteiger partial charge < -0.3 is 10.1 Å². The van der Waals surface area contributed by atoms with E-state index >= 15 is 0 Å². The second-order valence-electron chi connectivity index (χ2n) is 5.38. The van der Waals surface area contributed by atoms with Crippen LogP contribution in [0.5, 0.6) is 5.75 Å². The van der Waals surface area contributed by atoms with Crippen LogP contribution in [0.1, 0.15) is 35.3 Å². The number of nitrogens with zero attached hydrogens (tertiary/aromatic N) is 2. The van der Waals surface area contributed by atoms with E-state index in [0.717, 1.165) is 0 Å². The zero-order valence-electron chi connectivity index (χ0n) is 13.7. The molecule has 0 saturated heterocycles. The SMILES string of the molecule is CCC(NC(=O)c1cnc2sccn2c1=O)c1ccccc1OC(F)F. The van der Waals surface area contributed by atoms with E-state index < -0.39 is 24.1 Å². The van der Waals surface area contributed by atoms with Gasteiger partial charge in [-0.1, -0.05) is 25.1 Å². The third-order valence-corrected chi connectivity index (χ3v) is 4.58. The first-order chi connectivity index (χ1) is 12.5. The molecule has 9 heteroatoms. The van der Waals surface area contributed by atoms with E-state index in [1.165, 1.54) is 34.2 Å². The van der Waals surface area contributed by atoms with Gasteiger partial charge in [0, 0.05) is 23.3 Å². The largest absolute Gasteiger partial charge is 0.434 e. The average molecular weight is 379 g/mol. The molecule has 0 spiro atoms. The van der Waals surface area contributed by atoms with Gasteiger partial charge in [-0.15, -0.1) is 11.3 Å². The third kappa shape index (κ3) is 3.57. The molecule has 0 radical (unpaired) electrons. The zero-order valence-corrected chi connectivity index (χ0v) is 14.5. The number of rotatable bonds is 6. The van der Waals surface area contributed by atoms with Crippen molar-refractivity contribution in [2.75, 3.05) is 0 Å². The molecule has 3 rings (SSSR count). The third-order valence-electron chi connectivity index (χ3n) is 3.81. The monoisotopic (exact) mass is 379 g/mol. The molecule has 2 aromatic heterocycles. The summed E-state index contributed by atoms with van der Waals surface area (Å²) in [6, 6.07) is 5.64. The second kappa shape index (κ2) is 7.61. The highest BCUT2D eigenvalue weighted by molar-refractivity contribution is 7.15. The molecule has 1 amide bonds. The second-order valence-corrected chi connectivity index (χ2v) is 6.26. The smallest absolute Gasteiger partial charge is 0.387 e. The fraction of sp³-hybridized carbons (Fsp3) is 0.235. The molecule has 1 aromatic carbocycles. The molecule has 0 aliphatic heterocycles. The van der Waals surface area contributed by atoms with Crippen LogP contribution < -0.4 is 15.6 Å². The minimum absolute atomic E-state index is 0.0159. The van der Waals surface area contributed by atoms with E-state index in [1.807, 2.05) is 0 Å². The summed E-state index contributed by atoms with van der Waals surface area (Å²) in [6.07, 6.45) is 3.18. The van der Waals surface area contributed by atoms with Crippen molar-refractivity contribution < 1.29 is 18.3 Å². The predicted molar refractivity (Wildman–Crippen MR) is 92.9 cm³/mol. The predicted octanol–water partition coefficient (Wildman–Crippen LogP) is 3.24. The van der Waals surface area contributed by atoms with Gasteiger partial charge in [-0.05, 0) is 12.5 Å². The summed E-state index contributed by atoms with van der Waals surface area (Å²) in [7, 11) is 0. The molecule has 0 saturated carbocycles. The number of hydrogen-bond acceptors (Lipinski definition) is 5. The highest BCUT2D eigenvalue weighted by atomic mass is 32.1. The topological polar surface area (TPSA) is 72.7 Å². The number of fused-ring (bicyclic) bond motifs is 1. The first-order valence-corrected chi connectivity index (χ1v) is 8.68. The minimum atomic E-state index is -2.97. The highest BCUT2D eigenvalue weighted by Crippen LogP contribution is 2.28. The van der Waals surface area contributed by atoms with Crippen molar-refractivity contribution in [1.29, 1.82) is 0 Å². The van der Waals surface area contributed by atoms with Crippen molar-refractivity contribution in [3.05, 3.63) is 63.5 Å². The van der Waals surface area contributed by atoms with Gasteiger partial charge in [0.25, 0.3) is 11.5 Å². The van der Waals surface area contributed by atoms with Crippen molar-refractivity contribution in [2.45, 2.75) is 26.0 Å². The van der Waals surface area contributed by atoms with Crippen LogP contribution in [-0.4, -0.2) is 21.9 Å². The summed E-state index contributed by atoms with van der Waals surface area (Å²) in [5.41, 5.74) is -0.194. The number of thiazole rings is 1. The number of amides is 1. The summed E-state index contributed by atoms with van der Waals surface area (Å²) in [5.74, 6) is -0.639. The average Bonchev–Trinajstić information content (AvgIpc) is 3.09. The molecule has 3 aromatic rings. The number of aromatic nitrogens is 2. The van der Waals surface area contributed by atoms with Crippen LogP contribution >= 0.6 is 11.3 Å². The van der Waals surface area contributed by atoms with Crippen LogP contribution in [-0.2, 0) is 0 Å². The molecular formula is C17H15F2N3O3S. The number of hydrogen-bond donors (Lipinski definition) is 1. The lowest BCUT2D eigenvalue weighted by molar-refractivity contribution is -0.0506. The van der Waals surface area contributed by atoms with Gasteiger partial charge >= 0.3 is 6.61 Å². The number of halogens is 2. The quantitative estimate of drug-likeness (QED) is 0.714. The molecule has 0 fully saturated rings. The Balaban J connectivity index is 1.89. The number of ether oxygens (including phenoxy) is 1. The van der Waals surface area contributed by atoms with Crippen molar-refractivity contribution in [3.8, 4) is 5.75 Å². The highest BCUT2D eigenvalue weighted by Gasteiger charge is 2.21. The summed E-state index contributed by atoms with van der Waals surface area (Å²) < 4.78 is 31.0. The van der Waals surface area contributed by atoms with E-state index in [0.29, 0.717) is 16.9 Å². The maximum absolute atomic E-state index is 12.6. The number of benzene rings is 1. The lowest BCUT2D eigenvalue weighted by atomic mass is 10.0. The fourth-order valence-corrected chi connectivity index (χ4v) is 3.26. The Morgan fingerprint density at radius 3 is 2.88 bits per heavy atom. The van der Waals surface area contributed by atoms with E-state index in [1.54, 1.807) is 30.5 Å². The molecular weight excluding hydrogens is 364 g/mol. The molecule has 0 aliphatic rings. The van der Waals surface area contributed by atoms with Crippen molar-refractivity contribution >= 4 is 22.2 Å². The van der Waals surface area contributed by atoms with Gasteiger partial charge in [0.1, 0.15) is 11.3 Å². The molecule has 136 valence electrons. The van der Waals surface area contributed by atoms with Crippen molar-refractivity contribution in [1.82, 2.24) is 14.7 Å². The van der Waals surface area contributed by atoms with Gasteiger partial charge in [-0.3, -0.25) is 14.0 Å². The Labute approximate surface area is 151 Å². The van der Waals surface area contributed by atoms with Crippen LogP contribution in [0.2, 0.25) is 0 Å². The summed E-state index contributed by atoms with van der Waals surface area (Å²) >= 11 is 1.28. The van der Waals surface area contributed by atoms with Crippen molar-refractivity contribution in [3.63, 3.8) is 0 Å². The molecule has 1 atom stereocenters. The Morgan fingerprint density at radius 2 is 2.15 bits per heavy atom. The number of alkyl halides is 2. The molecule has 6 nitrogen and oxygen atoms in total. The molecule has 1 N–H and O–H groups in total. The molecule has 0 aliphatic carbocycles. The number of carbonyl (C=O) groups excluding carboxylic acids is 1. The van der Waals surface area contributed by atoms with Crippen LogP contribution in [0.15, 0.2) is 46.8 Å². The number of para-hydroxylation sites is 1. The summed E-state index contributed by atoms with van der Waals surface area (Å²) in [6.45, 7) is -1.18. The van der Waals surface area contributed by atoms with Crippen LogP contribution in [0.25, 0.3) is 4.96 Å². The molecule has 26 heavy (non-hydrogen) atoms. The van der Waals surface area contributed by atoms with Crippen LogP contribution in [0, 0.1) is 0 Å². The van der Waals surface area contributed by atoms with Gasteiger partial charge in [0.2, 0.25) is 0 Å². The van der Waals surface area contributed by atoms with E-state index in [4.69, 9.17) is 0 Å². The lowest BCUT2D eigenvalue weighted by Crippen LogP contribution is -2.34. The van der Waals surface area contributed by atoms with E-state index in [9.17, 15) is 18.4 Å². The molecule has 2 heterocycles. The lowest BCUT2D eigenvalue weighted by Gasteiger charge is -2.20. The summed E-state index contributed by atoms with van der Waals surface area (Å²) in [4.78, 5) is 29.5. The van der Waals surface area contributed by atoms with Crippen LogP contribution in [0.4, 0.5) is 8.78 Å². The standard InChI is InChI=1S/C17H15F2N3O3S/c1-2-12(10-5-3-4-6-13(10)25-16(18)19)21-14(23)11-9-20-17-22(15(11)24)7-8-26-17/h3-9,12,16H,2H2,1H3,(H,21,23). The Kier molecular flexibility index (Phi) is 5.27. The normalized spacial score (nSPS) is 12.3. The van der Waals surface area contributed by atoms with Gasteiger partial charge in [0.05, 0.1) is 6.04 Å². The molecule has 1 unspecified atom stereocenters. The number of carbonyl (C=O) groups is 1. The first-order valence-electron chi connectivity index (χ1n) is 7.80. The number of nitrogens with one attached hydrogen (secondary N) is 1.